The third-order valence-electron chi connectivity index (χ3n) is 7.82. The van der Waals surface area contributed by atoms with Gasteiger partial charge in [-0.05, 0) is 79.7 Å². The second-order valence-electron chi connectivity index (χ2n) is 9.81. The summed E-state index contributed by atoms with van der Waals surface area (Å²) in [7, 11) is 0. The van der Waals surface area contributed by atoms with Gasteiger partial charge in [-0.25, -0.2) is 0 Å². The minimum Gasteiger partial charge on any atom is -0.0654 e. The summed E-state index contributed by atoms with van der Waals surface area (Å²) >= 11 is 0. The van der Waals surface area contributed by atoms with Gasteiger partial charge in [0.05, 0.1) is 0 Å². The number of hydrogen-bond acceptors (Lipinski definition) is 0. The van der Waals surface area contributed by atoms with Crippen molar-refractivity contribution in [3.8, 4) is 0 Å². The molecule has 2 aliphatic rings. The Kier molecular flexibility index (Phi) is 8.75. The van der Waals surface area contributed by atoms with Crippen molar-refractivity contribution in [2.75, 3.05) is 0 Å². The van der Waals surface area contributed by atoms with Crippen LogP contribution in [0, 0.1) is 23.7 Å². The minimum atomic E-state index is 0.998. The average molecular weight is 369 g/mol. The van der Waals surface area contributed by atoms with E-state index in [-0.39, 0.29) is 0 Å². The van der Waals surface area contributed by atoms with Crippen molar-refractivity contribution >= 4 is 0 Å². The fourth-order valence-corrected chi connectivity index (χ4v) is 5.92. The normalized spacial score (nSPS) is 29.0. The summed E-state index contributed by atoms with van der Waals surface area (Å²) in [5, 5.41) is 0. The van der Waals surface area contributed by atoms with E-state index < -0.39 is 0 Å². The summed E-state index contributed by atoms with van der Waals surface area (Å²) in [5.74, 6) is 4.22. The maximum Gasteiger partial charge on any atom is -0.0276 e. The van der Waals surface area contributed by atoms with Crippen LogP contribution in [-0.4, -0.2) is 0 Å². The second kappa shape index (κ2) is 11.3. The molecule has 2 fully saturated rings. The highest BCUT2D eigenvalue weighted by Crippen LogP contribution is 2.43. The van der Waals surface area contributed by atoms with Crippen molar-refractivity contribution in [2.45, 2.75) is 110 Å². The maximum absolute atomic E-state index is 2.38. The molecule has 27 heavy (non-hydrogen) atoms. The van der Waals surface area contributed by atoms with Crippen LogP contribution in [0.15, 0.2) is 24.3 Å². The first kappa shape index (κ1) is 20.9. The fraction of sp³-hybridized carbons (Fsp3) is 0.778. The number of aryl methyl sites for hydroxylation is 2. The predicted molar refractivity (Wildman–Crippen MR) is 119 cm³/mol. The number of unbranched alkanes of at least 4 members (excludes halogenated alkanes) is 1. The van der Waals surface area contributed by atoms with E-state index in [9.17, 15) is 0 Å². The van der Waals surface area contributed by atoms with Gasteiger partial charge in [0.1, 0.15) is 0 Å². The van der Waals surface area contributed by atoms with Crippen LogP contribution >= 0.6 is 0 Å². The van der Waals surface area contributed by atoms with Gasteiger partial charge in [0.25, 0.3) is 0 Å². The molecular formula is C27H44. The van der Waals surface area contributed by atoms with Gasteiger partial charge in [-0.15, -0.1) is 0 Å². The Labute approximate surface area is 169 Å². The Bertz CT molecular complexity index is 497. The van der Waals surface area contributed by atoms with Crippen molar-refractivity contribution in [1.82, 2.24) is 0 Å². The highest BCUT2D eigenvalue weighted by Gasteiger charge is 2.30. The zero-order valence-corrected chi connectivity index (χ0v) is 18.2. The van der Waals surface area contributed by atoms with Gasteiger partial charge in [-0.2, -0.15) is 0 Å². The zero-order valence-electron chi connectivity index (χ0n) is 18.2. The van der Waals surface area contributed by atoms with Gasteiger partial charge in [0.2, 0.25) is 0 Å². The summed E-state index contributed by atoms with van der Waals surface area (Å²) in [6.07, 6.45) is 21.8. The molecule has 0 aromatic heterocycles. The molecule has 1 aromatic carbocycles. The maximum atomic E-state index is 2.38. The van der Waals surface area contributed by atoms with Crippen molar-refractivity contribution < 1.29 is 0 Å². The zero-order chi connectivity index (χ0) is 18.9. The summed E-state index contributed by atoms with van der Waals surface area (Å²) in [5.41, 5.74) is 3.06. The highest BCUT2D eigenvalue weighted by molar-refractivity contribution is 5.22. The van der Waals surface area contributed by atoms with E-state index in [1.165, 1.54) is 76.2 Å². The van der Waals surface area contributed by atoms with Crippen LogP contribution in [0.5, 0.6) is 0 Å². The van der Waals surface area contributed by atoms with E-state index in [1.807, 2.05) is 0 Å². The summed E-state index contributed by atoms with van der Waals surface area (Å²) in [6, 6.07) is 9.47. The quantitative estimate of drug-likeness (QED) is 0.410. The molecule has 0 spiro atoms. The SMILES string of the molecule is CCCC[C@H]1CC[C@H]([C@H]2CC[C@H](CCc3ccc(CCC)cc3)CC2)CC1. The number of hydrogen-bond donors (Lipinski definition) is 0. The fourth-order valence-electron chi connectivity index (χ4n) is 5.92. The second-order valence-corrected chi connectivity index (χ2v) is 9.81. The van der Waals surface area contributed by atoms with E-state index in [0.717, 1.165) is 23.7 Å². The Hall–Kier alpha value is -0.780. The van der Waals surface area contributed by atoms with E-state index in [4.69, 9.17) is 0 Å². The highest BCUT2D eigenvalue weighted by atomic mass is 14.4. The van der Waals surface area contributed by atoms with E-state index in [2.05, 4.69) is 38.1 Å². The first-order valence-corrected chi connectivity index (χ1v) is 12.4. The molecule has 0 bridgehead atoms. The monoisotopic (exact) mass is 368 g/mol. The topological polar surface area (TPSA) is 0 Å². The Balaban J connectivity index is 1.33. The molecule has 0 nitrogen and oxygen atoms in total. The molecule has 0 aliphatic heterocycles. The Morgan fingerprint density at radius 1 is 0.593 bits per heavy atom. The van der Waals surface area contributed by atoms with E-state index in [1.54, 1.807) is 31.2 Å². The predicted octanol–water partition coefficient (Wildman–Crippen LogP) is 8.37. The van der Waals surface area contributed by atoms with Gasteiger partial charge >= 0.3 is 0 Å². The molecule has 0 atom stereocenters. The third-order valence-corrected chi connectivity index (χ3v) is 7.82. The first-order chi connectivity index (χ1) is 13.3. The van der Waals surface area contributed by atoms with Crippen LogP contribution in [0.4, 0.5) is 0 Å². The van der Waals surface area contributed by atoms with Gasteiger partial charge in [0, 0.05) is 0 Å². The lowest BCUT2D eigenvalue weighted by Gasteiger charge is -2.38. The molecule has 0 heterocycles. The van der Waals surface area contributed by atoms with Crippen LogP contribution < -0.4 is 0 Å². The van der Waals surface area contributed by atoms with Crippen LogP contribution in [0.25, 0.3) is 0 Å². The molecule has 0 heteroatoms. The van der Waals surface area contributed by atoms with Gasteiger partial charge in [0.15, 0.2) is 0 Å². The summed E-state index contributed by atoms with van der Waals surface area (Å²) < 4.78 is 0. The van der Waals surface area contributed by atoms with Gasteiger partial charge < -0.3 is 0 Å². The molecule has 1 aromatic rings. The van der Waals surface area contributed by atoms with Crippen LogP contribution in [0.2, 0.25) is 0 Å². The first-order valence-electron chi connectivity index (χ1n) is 12.4. The van der Waals surface area contributed by atoms with Crippen molar-refractivity contribution in [2.24, 2.45) is 23.7 Å². The molecule has 3 rings (SSSR count). The lowest BCUT2D eigenvalue weighted by molar-refractivity contribution is 0.140. The van der Waals surface area contributed by atoms with Crippen molar-refractivity contribution in [3.63, 3.8) is 0 Å². The average Bonchev–Trinajstić information content (AvgIpc) is 2.73. The molecule has 0 unspecified atom stereocenters. The van der Waals surface area contributed by atoms with Crippen LogP contribution in [0.1, 0.15) is 108 Å². The Morgan fingerprint density at radius 3 is 1.56 bits per heavy atom. The largest absolute Gasteiger partial charge is 0.0654 e. The lowest BCUT2D eigenvalue weighted by atomic mass is 9.68. The smallest absolute Gasteiger partial charge is 0.0276 e. The number of rotatable bonds is 9. The molecule has 2 saturated carbocycles. The van der Waals surface area contributed by atoms with Gasteiger partial charge in [-0.1, -0.05) is 89.5 Å². The molecule has 0 saturated heterocycles. The van der Waals surface area contributed by atoms with Crippen LogP contribution in [-0.2, 0) is 12.8 Å². The third kappa shape index (κ3) is 6.65. The summed E-state index contributed by atoms with van der Waals surface area (Å²) in [4.78, 5) is 0. The Morgan fingerprint density at radius 2 is 1.07 bits per heavy atom. The molecule has 2 aliphatic carbocycles. The summed E-state index contributed by atoms with van der Waals surface area (Å²) in [6.45, 7) is 4.61. The molecule has 0 N–H and O–H groups in total. The van der Waals surface area contributed by atoms with Crippen molar-refractivity contribution in [1.29, 1.82) is 0 Å². The lowest BCUT2D eigenvalue weighted by Crippen LogP contribution is -2.26. The molecule has 0 amide bonds. The molecular weight excluding hydrogens is 324 g/mol. The standard InChI is InChI=1S/C27H44/c1-3-5-7-23-14-18-26(19-15-23)27-20-16-25(17-21-27)13-12-24-10-8-22(6-4-2)9-11-24/h8-11,23,25-27H,3-7,12-21H2,1-2H3/t23-,25-,26-,27-. The van der Waals surface area contributed by atoms with Crippen LogP contribution in [0.3, 0.4) is 0 Å². The number of benzene rings is 1. The minimum absolute atomic E-state index is 0.998. The van der Waals surface area contributed by atoms with E-state index in [0.29, 0.717) is 0 Å². The van der Waals surface area contributed by atoms with Gasteiger partial charge in [-0.3, -0.25) is 0 Å². The van der Waals surface area contributed by atoms with Crippen molar-refractivity contribution in [3.05, 3.63) is 35.4 Å². The van der Waals surface area contributed by atoms with E-state index >= 15 is 0 Å². The molecule has 152 valence electrons. The molecule has 0 radical (unpaired) electrons.